The lowest BCUT2D eigenvalue weighted by atomic mass is 10.1. The van der Waals surface area contributed by atoms with Crippen LogP contribution < -0.4 is 15.5 Å². The van der Waals surface area contributed by atoms with Crippen molar-refractivity contribution in [2.24, 2.45) is 0 Å². The maximum Gasteiger partial charge on any atom is 0.255 e. The predicted octanol–water partition coefficient (Wildman–Crippen LogP) is 2.56. The fourth-order valence-corrected chi connectivity index (χ4v) is 3.64. The summed E-state index contributed by atoms with van der Waals surface area (Å²) in [4.78, 5) is 40.6. The molecule has 28 heavy (non-hydrogen) atoms. The van der Waals surface area contributed by atoms with Crippen LogP contribution in [0.25, 0.3) is 0 Å². The summed E-state index contributed by atoms with van der Waals surface area (Å²) in [7, 11) is 1.83. The van der Waals surface area contributed by atoms with Crippen LogP contribution in [0.1, 0.15) is 33.6 Å². The normalized spacial score (nSPS) is 15.8. The number of rotatable bonds is 3. The molecule has 2 aliphatic rings. The first-order valence-corrected chi connectivity index (χ1v) is 9.37. The molecule has 0 bridgehead atoms. The molecule has 0 atom stereocenters. The molecule has 0 spiro atoms. The van der Waals surface area contributed by atoms with Gasteiger partial charge in [-0.25, -0.2) is 0 Å². The molecule has 0 aromatic heterocycles. The molecule has 4 rings (SSSR count). The van der Waals surface area contributed by atoms with Gasteiger partial charge in [0.25, 0.3) is 11.8 Å². The van der Waals surface area contributed by atoms with E-state index in [1.165, 1.54) is 0 Å². The minimum atomic E-state index is -0.295. The van der Waals surface area contributed by atoms with Gasteiger partial charge in [0.15, 0.2) is 0 Å². The van der Waals surface area contributed by atoms with Crippen molar-refractivity contribution in [1.29, 1.82) is 0 Å². The number of likely N-dealkylation sites (N-methyl/N-ethyl adjacent to an activating group) is 1. The Hall–Kier alpha value is -3.35. The summed E-state index contributed by atoms with van der Waals surface area (Å²) in [6, 6.07) is 12.2. The third-order valence-electron chi connectivity index (χ3n) is 5.09. The van der Waals surface area contributed by atoms with Crippen LogP contribution in [-0.2, 0) is 4.79 Å². The minimum absolute atomic E-state index is 0.00636. The number of carbonyl (C=O) groups is 3. The molecule has 7 nitrogen and oxygen atoms in total. The van der Waals surface area contributed by atoms with Crippen LogP contribution >= 0.6 is 0 Å². The molecular weight excluding hydrogens is 356 g/mol. The van der Waals surface area contributed by atoms with Gasteiger partial charge in [0.05, 0.1) is 17.9 Å². The second-order valence-electron chi connectivity index (χ2n) is 7.17. The summed E-state index contributed by atoms with van der Waals surface area (Å²) in [6.45, 7) is 1.85. The van der Waals surface area contributed by atoms with Gasteiger partial charge in [-0.05, 0) is 49.2 Å². The van der Waals surface area contributed by atoms with E-state index in [4.69, 9.17) is 0 Å². The molecule has 2 N–H and O–H groups in total. The third kappa shape index (κ3) is 3.55. The summed E-state index contributed by atoms with van der Waals surface area (Å²) in [5.41, 5.74) is 3.05. The molecule has 2 aromatic rings. The number of hydrogen-bond donors (Lipinski definition) is 2. The monoisotopic (exact) mass is 378 g/mol. The second kappa shape index (κ2) is 7.34. The summed E-state index contributed by atoms with van der Waals surface area (Å²) in [5, 5.41) is 5.63. The van der Waals surface area contributed by atoms with E-state index in [-0.39, 0.29) is 24.3 Å². The van der Waals surface area contributed by atoms with Crippen molar-refractivity contribution in [2.75, 3.05) is 42.2 Å². The van der Waals surface area contributed by atoms with Gasteiger partial charge in [-0.1, -0.05) is 6.07 Å². The molecule has 144 valence electrons. The zero-order chi connectivity index (χ0) is 19.7. The molecule has 0 saturated carbocycles. The van der Waals surface area contributed by atoms with Gasteiger partial charge in [0, 0.05) is 37.0 Å². The molecule has 1 fully saturated rings. The molecule has 1 saturated heterocycles. The Morgan fingerprint density at radius 1 is 1.04 bits per heavy atom. The van der Waals surface area contributed by atoms with Crippen LogP contribution in [0.3, 0.4) is 0 Å². The van der Waals surface area contributed by atoms with Crippen LogP contribution in [0.5, 0.6) is 0 Å². The van der Waals surface area contributed by atoms with Crippen molar-refractivity contribution in [3.05, 3.63) is 53.6 Å². The van der Waals surface area contributed by atoms with E-state index in [1.807, 2.05) is 22.9 Å². The SMILES string of the molecule is CN1CC(=O)Nc2cc(C(=O)Nc3cccc(C(=O)N4CCCC4)c3)ccc21. The molecule has 0 unspecified atom stereocenters. The summed E-state index contributed by atoms with van der Waals surface area (Å²) < 4.78 is 0. The van der Waals surface area contributed by atoms with Crippen molar-refractivity contribution in [3.63, 3.8) is 0 Å². The predicted molar refractivity (Wildman–Crippen MR) is 108 cm³/mol. The first kappa shape index (κ1) is 18.0. The molecule has 2 aliphatic heterocycles. The average Bonchev–Trinajstić information content (AvgIpc) is 3.21. The zero-order valence-corrected chi connectivity index (χ0v) is 15.7. The Morgan fingerprint density at radius 3 is 2.61 bits per heavy atom. The van der Waals surface area contributed by atoms with Gasteiger partial charge in [0.1, 0.15) is 0 Å². The summed E-state index contributed by atoms with van der Waals surface area (Å²) >= 11 is 0. The number of anilines is 3. The first-order valence-electron chi connectivity index (χ1n) is 9.37. The van der Waals surface area contributed by atoms with Crippen LogP contribution in [0.2, 0.25) is 0 Å². The number of likely N-dealkylation sites (tertiary alicyclic amines) is 1. The van der Waals surface area contributed by atoms with Gasteiger partial charge in [-0.15, -0.1) is 0 Å². The number of nitrogens with zero attached hydrogens (tertiary/aromatic N) is 2. The van der Waals surface area contributed by atoms with Crippen molar-refractivity contribution < 1.29 is 14.4 Å². The highest BCUT2D eigenvalue weighted by Crippen LogP contribution is 2.29. The smallest absolute Gasteiger partial charge is 0.255 e. The van der Waals surface area contributed by atoms with Crippen LogP contribution in [0.15, 0.2) is 42.5 Å². The Bertz CT molecular complexity index is 950. The van der Waals surface area contributed by atoms with Crippen molar-refractivity contribution in [1.82, 2.24) is 4.90 Å². The van der Waals surface area contributed by atoms with E-state index in [9.17, 15) is 14.4 Å². The molecule has 3 amide bonds. The Morgan fingerprint density at radius 2 is 1.82 bits per heavy atom. The number of benzene rings is 2. The quantitative estimate of drug-likeness (QED) is 0.860. The van der Waals surface area contributed by atoms with Crippen molar-refractivity contribution >= 4 is 34.8 Å². The fraction of sp³-hybridized carbons (Fsp3) is 0.286. The van der Waals surface area contributed by atoms with E-state index in [1.54, 1.807) is 36.4 Å². The number of nitrogens with one attached hydrogen (secondary N) is 2. The van der Waals surface area contributed by atoms with E-state index in [0.717, 1.165) is 31.6 Å². The van der Waals surface area contributed by atoms with Gasteiger partial charge in [-0.2, -0.15) is 0 Å². The van der Waals surface area contributed by atoms with E-state index >= 15 is 0 Å². The van der Waals surface area contributed by atoms with E-state index < -0.39 is 0 Å². The highest BCUT2D eigenvalue weighted by molar-refractivity contribution is 6.08. The van der Waals surface area contributed by atoms with Gasteiger partial charge in [-0.3, -0.25) is 14.4 Å². The van der Waals surface area contributed by atoms with Gasteiger partial charge < -0.3 is 20.4 Å². The summed E-state index contributed by atoms with van der Waals surface area (Å²) in [6.07, 6.45) is 2.07. The number of amides is 3. The summed E-state index contributed by atoms with van der Waals surface area (Å²) in [5.74, 6) is -0.412. The van der Waals surface area contributed by atoms with Crippen LogP contribution in [-0.4, -0.2) is 49.3 Å². The Labute approximate surface area is 163 Å². The maximum atomic E-state index is 12.7. The van der Waals surface area contributed by atoms with Crippen molar-refractivity contribution in [3.8, 4) is 0 Å². The largest absolute Gasteiger partial charge is 0.364 e. The average molecular weight is 378 g/mol. The Balaban J connectivity index is 1.51. The van der Waals surface area contributed by atoms with E-state index in [0.29, 0.717) is 22.5 Å². The Kier molecular flexibility index (Phi) is 4.73. The highest BCUT2D eigenvalue weighted by atomic mass is 16.2. The van der Waals surface area contributed by atoms with E-state index in [2.05, 4.69) is 10.6 Å². The van der Waals surface area contributed by atoms with Crippen LogP contribution in [0.4, 0.5) is 17.1 Å². The molecular formula is C21H22N4O3. The molecule has 0 radical (unpaired) electrons. The zero-order valence-electron chi connectivity index (χ0n) is 15.7. The lowest BCUT2D eigenvalue weighted by Gasteiger charge is -2.27. The van der Waals surface area contributed by atoms with Crippen molar-refractivity contribution in [2.45, 2.75) is 12.8 Å². The molecule has 2 aromatic carbocycles. The van der Waals surface area contributed by atoms with Gasteiger partial charge >= 0.3 is 0 Å². The topological polar surface area (TPSA) is 81.8 Å². The number of hydrogen-bond acceptors (Lipinski definition) is 4. The number of fused-ring (bicyclic) bond motifs is 1. The molecule has 0 aliphatic carbocycles. The fourth-order valence-electron chi connectivity index (χ4n) is 3.64. The van der Waals surface area contributed by atoms with Gasteiger partial charge in [0.2, 0.25) is 5.91 Å². The van der Waals surface area contributed by atoms with Crippen LogP contribution in [0, 0.1) is 0 Å². The lowest BCUT2D eigenvalue weighted by Crippen LogP contribution is -2.35. The lowest BCUT2D eigenvalue weighted by molar-refractivity contribution is -0.115. The maximum absolute atomic E-state index is 12.7. The number of carbonyl (C=O) groups excluding carboxylic acids is 3. The minimum Gasteiger partial charge on any atom is -0.364 e. The molecule has 2 heterocycles. The first-order chi connectivity index (χ1) is 13.5. The standard InChI is InChI=1S/C21H22N4O3/c1-24-13-19(26)23-17-12-14(7-8-18(17)24)20(27)22-16-6-4-5-15(11-16)21(28)25-9-2-3-10-25/h4-8,11-12H,2-3,9-10,13H2,1H3,(H,22,27)(H,23,26). The second-order valence-corrected chi connectivity index (χ2v) is 7.17. The molecule has 7 heteroatoms. The highest BCUT2D eigenvalue weighted by Gasteiger charge is 2.21. The third-order valence-corrected chi connectivity index (χ3v) is 5.09.